The minimum absolute atomic E-state index is 0.0404. The number of para-hydroxylation sites is 2. The summed E-state index contributed by atoms with van der Waals surface area (Å²) in [7, 11) is 0. The molecule has 29 heavy (non-hydrogen) atoms. The van der Waals surface area contributed by atoms with E-state index in [1.165, 1.54) is 5.56 Å². The number of carbonyl (C=O) groups is 1. The van der Waals surface area contributed by atoms with Crippen molar-refractivity contribution in [1.82, 2.24) is 14.9 Å². The van der Waals surface area contributed by atoms with E-state index in [1.54, 1.807) is 11.3 Å². The lowest BCUT2D eigenvalue weighted by Crippen LogP contribution is -2.44. The molecule has 4 nitrogen and oxygen atoms in total. The van der Waals surface area contributed by atoms with Gasteiger partial charge in [0.15, 0.2) is 5.82 Å². The number of fused-ring (bicyclic) bond motifs is 1. The second-order valence-corrected chi connectivity index (χ2v) is 9.25. The molecule has 2 heterocycles. The fourth-order valence-electron chi connectivity index (χ4n) is 3.52. The second-order valence-electron chi connectivity index (χ2n) is 8.33. The van der Waals surface area contributed by atoms with Crippen LogP contribution in [0.4, 0.5) is 0 Å². The number of nitrogens with zero attached hydrogens (tertiary/aromatic N) is 2. The summed E-state index contributed by atoms with van der Waals surface area (Å²) in [5.41, 5.74) is 3.63. The van der Waals surface area contributed by atoms with E-state index in [-0.39, 0.29) is 11.4 Å². The number of amides is 1. The lowest BCUT2D eigenvalue weighted by molar-refractivity contribution is -0.124. The van der Waals surface area contributed by atoms with Crippen molar-refractivity contribution >= 4 is 28.3 Å². The molecular weight excluding hydrogens is 378 g/mol. The van der Waals surface area contributed by atoms with E-state index >= 15 is 0 Å². The predicted molar refractivity (Wildman–Crippen MR) is 120 cm³/mol. The van der Waals surface area contributed by atoms with Crippen molar-refractivity contribution in [2.24, 2.45) is 0 Å². The lowest BCUT2D eigenvalue weighted by Gasteiger charge is -2.27. The van der Waals surface area contributed by atoms with Crippen LogP contribution in [0.25, 0.3) is 21.7 Å². The van der Waals surface area contributed by atoms with Crippen molar-refractivity contribution in [2.45, 2.75) is 39.3 Å². The van der Waals surface area contributed by atoms with Gasteiger partial charge in [0.1, 0.15) is 6.04 Å². The van der Waals surface area contributed by atoms with Crippen LogP contribution in [0.2, 0.25) is 0 Å². The van der Waals surface area contributed by atoms with E-state index in [1.807, 2.05) is 75.4 Å². The molecule has 2 aromatic carbocycles. The highest BCUT2D eigenvalue weighted by Crippen LogP contribution is 2.35. The Labute approximate surface area is 175 Å². The Morgan fingerprint density at radius 3 is 2.41 bits per heavy atom. The number of benzene rings is 2. The average molecular weight is 404 g/mol. The first-order valence-corrected chi connectivity index (χ1v) is 10.6. The molecule has 1 N–H and O–H groups in total. The normalized spacial score (nSPS) is 12.8. The molecular formula is C24H25N3OS. The molecule has 1 amide bonds. The number of thiophene rings is 1. The lowest BCUT2D eigenvalue weighted by atomic mass is 10.0. The monoisotopic (exact) mass is 403 g/mol. The van der Waals surface area contributed by atoms with Gasteiger partial charge in [0.25, 0.3) is 0 Å². The Kier molecular flexibility index (Phi) is 5.01. The Morgan fingerprint density at radius 1 is 1.07 bits per heavy atom. The van der Waals surface area contributed by atoms with Crippen LogP contribution in [0.1, 0.15) is 37.9 Å². The maximum absolute atomic E-state index is 13.5. The number of aryl methyl sites for hydroxylation is 1. The summed E-state index contributed by atoms with van der Waals surface area (Å²) < 4.78 is 2.08. The van der Waals surface area contributed by atoms with E-state index in [4.69, 9.17) is 4.98 Å². The Morgan fingerprint density at radius 2 is 1.76 bits per heavy atom. The number of carbonyl (C=O) groups excluding carboxylic acids is 1. The highest BCUT2D eigenvalue weighted by molar-refractivity contribution is 7.13. The zero-order chi connectivity index (χ0) is 20.6. The first-order valence-electron chi connectivity index (χ1n) is 9.73. The van der Waals surface area contributed by atoms with Crippen LogP contribution >= 0.6 is 11.3 Å². The highest BCUT2D eigenvalue weighted by atomic mass is 32.1. The number of rotatable bonds is 4. The molecule has 5 heteroatoms. The quantitative estimate of drug-likeness (QED) is 0.484. The van der Waals surface area contributed by atoms with Gasteiger partial charge in [0.2, 0.25) is 5.91 Å². The van der Waals surface area contributed by atoms with Gasteiger partial charge < -0.3 is 9.88 Å². The molecule has 2 aromatic heterocycles. The Bertz CT molecular complexity index is 1150. The molecule has 0 radical (unpaired) electrons. The fraction of sp³-hybridized carbons (Fsp3) is 0.250. The molecule has 0 spiro atoms. The van der Waals surface area contributed by atoms with Gasteiger partial charge in [-0.1, -0.05) is 42.5 Å². The highest BCUT2D eigenvalue weighted by Gasteiger charge is 2.30. The van der Waals surface area contributed by atoms with Crippen molar-refractivity contribution < 1.29 is 4.79 Å². The van der Waals surface area contributed by atoms with Crippen LogP contribution in [0.15, 0.2) is 66.0 Å². The average Bonchev–Trinajstić information content (AvgIpc) is 3.25. The zero-order valence-corrected chi connectivity index (χ0v) is 18.0. The third kappa shape index (κ3) is 3.96. The summed E-state index contributed by atoms with van der Waals surface area (Å²) in [5.74, 6) is 0.781. The first kappa shape index (κ1) is 19.4. The Hall–Kier alpha value is -2.92. The van der Waals surface area contributed by atoms with Gasteiger partial charge in [-0.3, -0.25) is 4.79 Å². The van der Waals surface area contributed by atoms with Crippen LogP contribution in [-0.2, 0) is 4.79 Å². The van der Waals surface area contributed by atoms with Crippen LogP contribution in [0.5, 0.6) is 0 Å². The molecule has 4 rings (SSSR count). The van der Waals surface area contributed by atoms with Gasteiger partial charge in [-0.05, 0) is 62.4 Å². The summed E-state index contributed by atoms with van der Waals surface area (Å²) in [6, 6.07) is 19.6. The summed E-state index contributed by atoms with van der Waals surface area (Å²) in [6.45, 7) is 8.08. The van der Waals surface area contributed by atoms with Crippen LogP contribution in [-0.4, -0.2) is 21.0 Å². The predicted octanol–water partition coefficient (Wildman–Crippen LogP) is 5.58. The molecule has 0 aliphatic heterocycles. The minimum atomic E-state index is -0.514. The summed E-state index contributed by atoms with van der Waals surface area (Å²) in [6.07, 6.45) is 0. The topological polar surface area (TPSA) is 46.9 Å². The molecule has 0 fully saturated rings. The molecule has 1 atom stereocenters. The first-order chi connectivity index (χ1) is 13.8. The van der Waals surface area contributed by atoms with Gasteiger partial charge in [-0.2, -0.15) is 0 Å². The number of aromatic nitrogens is 2. The van der Waals surface area contributed by atoms with Crippen LogP contribution < -0.4 is 5.32 Å². The molecule has 0 aliphatic rings. The van der Waals surface area contributed by atoms with Crippen molar-refractivity contribution in [2.75, 3.05) is 0 Å². The molecule has 148 valence electrons. The van der Waals surface area contributed by atoms with Crippen LogP contribution in [0.3, 0.4) is 0 Å². The summed E-state index contributed by atoms with van der Waals surface area (Å²) in [4.78, 5) is 19.5. The number of hydrogen-bond acceptors (Lipinski definition) is 3. The summed E-state index contributed by atoms with van der Waals surface area (Å²) >= 11 is 1.65. The second kappa shape index (κ2) is 7.48. The van der Waals surface area contributed by atoms with Gasteiger partial charge in [-0.15, -0.1) is 11.3 Å². The fourth-order valence-corrected chi connectivity index (χ4v) is 4.40. The van der Waals surface area contributed by atoms with E-state index in [0.29, 0.717) is 0 Å². The van der Waals surface area contributed by atoms with Crippen LogP contribution in [0, 0.1) is 6.92 Å². The van der Waals surface area contributed by atoms with E-state index in [9.17, 15) is 4.79 Å². The number of imidazole rings is 1. The van der Waals surface area contributed by atoms with E-state index in [0.717, 1.165) is 27.3 Å². The van der Waals surface area contributed by atoms with Crippen molar-refractivity contribution in [3.63, 3.8) is 0 Å². The minimum Gasteiger partial charge on any atom is -0.349 e. The standard InChI is InChI=1S/C24H25N3OS/c1-16-14-20(29-15-16)22-25-18-12-8-9-13-19(18)27(22)21(17-10-6-5-7-11-17)23(28)26-24(2,3)4/h5-15,21H,1-4H3,(H,26,28). The number of hydrogen-bond donors (Lipinski definition) is 1. The molecule has 1 unspecified atom stereocenters. The van der Waals surface area contributed by atoms with Crippen molar-refractivity contribution in [3.05, 3.63) is 77.2 Å². The van der Waals surface area contributed by atoms with Gasteiger partial charge >= 0.3 is 0 Å². The third-order valence-electron chi connectivity index (χ3n) is 4.67. The summed E-state index contributed by atoms with van der Waals surface area (Å²) in [5, 5.41) is 5.29. The Balaban J connectivity index is 1.98. The van der Waals surface area contributed by atoms with Gasteiger partial charge in [0.05, 0.1) is 15.9 Å². The molecule has 0 saturated carbocycles. The van der Waals surface area contributed by atoms with Crippen molar-refractivity contribution in [1.29, 1.82) is 0 Å². The smallest absolute Gasteiger partial charge is 0.248 e. The SMILES string of the molecule is Cc1csc(-c2nc3ccccc3n2C(C(=O)NC(C)(C)C)c2ccccc2)c1. The zero-order valence-electron chi connectivity index (χ0n) is 17.1. The van der Waals surface area contributed by atoms with Gasteiger partial charge in [-0.25, -0.2) is 4.98 Å². The third-order valence-corrected chi connectivity index (χ3v) is 5.71. The van der Waals surface area contributed by atoms with E-state index in [2.05, 4.69) is 28.3 Å². The molecule has 0 saturated heterocycles. The molecule has 0 bridgehead atoms. The molecule has 4 aromatic rings. The maximum atomic E-state index is 13.5. The largest absolute Gasteiger partial charge is 0.349 e. The van der Waals surface area contributed by atoms with E-state index < -0.39 is 6.04 Å². The maximum Gasteiger partial charge on any atom is 0.248 e. The molecule has 0 aliphatic carbocycles. The van der Waals surface area contributed by atoms with Gasteiger partial charge in [0, 0.05) is 5.54 Å². The van der Waals surface area contributed by atoms with Crippen molar-refractivity contribution in [3.8, 4) is 10.7 Å². The number of nitrogens with one attached hydrogen (secondary N) is 1.